The third-order valence-corrected chi connectivity index (χ3v) is 3.66. The van der Waals surface area contributed by atoms with Gasteiger partial charge >= 0.3 is 0 Å². The number of rotatable bonds is 5. The van der Waals surface area contributed by atoms with Crippen LogP contribution in [0, 0.1) is 0 Å². The van der Waals surface area contributed by atoms with Crippen molar-refractivity contribution in [2.45, 2.75) is 6.61 Å². The molecule has 2 aromatic carbocycles. The second-order valence-electron chi connectivity index (χ2n) is 5.17. The van der Waals surface area contributed by atoms with Gasteiger partial charge in [0.05, 0.1) is 20.0 Å². The van der Waals surface area contributed by atoms with E-state index in [4.69, 9.17) is 9.15 Å². The summed E-state index contributed by atoms with van der Waals surface area (Å²) in [5, 5.41) is 12.2. The van der Waals surface area contributed by atoms with E-state index in [9.17, 15) is 9.90 Å². The van der Waals surface area contributed by atoms with Crippen molar-refractivity contribution in [3.05, 3.63) is 72.2 Å². The zero-order valence-electron chi connectivity index (χ0n) is 13.2. The summed E-state index contributed by atoms with van der Waals surface area (Å²) in [7, 11) is 1.53. The molecule has 0 aliphatic heterocycles. The van der Waals surface area contributed by atoms with Gasteiger partial charge in [-0.1, -0.05) is 30.3 Å². The van der Waals surface area contributed by atoms with Crippen LogP contribution in [0.25, 0.3) is 11.1 Å². The first-order chi connectivity index (χ1) is 11.7. The van der Waals surface area contributed by atoms with Crippen LogP contribution in [0.3, 0.4) is 0 Å². The molecule has 0 spiro atoms. The normalized spacial score (nSPS) is 10.4. The van der Waals surface area contributed by atoms with Crippen LogP contribution in [-0.2, 0) is 6.61 Å². The monoisotopic (exact) mass is 323 g/mol. The van der Waals surface area contributed by atoms with Gasteiger partial charge < -0.3 is 19.6 Å². The Labute approximate surface area is 139 Å². The number of ether oxygens (including phenoxy) is 1. The lowest BCUT2D eigenvalue weighted by atomic mass is 10.1. The van der Waals surface area contributed by atoms with E-state index in [1.165, 1.54) is 13.4 Å². The van der Waals surface area contributed by atoms with Crippen molar-refractivity contribution in [1.82, 2.24) is 0 Å². The predicted molar refractivity (Wildman–Crippen MR) is 91.0 cm³/mol. The highest BCUT2D eigenvalue weighted by atomic mass is 16.5. The largest absolute Gasteiger partial charge is 0.496 e. The molecule has 1 heterocycles. The van der Waals surface area contributed by atoms with Gasteiger partial charge in [0, 0.05) is 16.8 Å². The number of nitrogens with one attached hydrogen (secondary N) is 1. The number of methoxy groups -OCH3 is 1. The highest BCUT2D eigenvalue weighted by Crippen LogP contribution is 2.27. The Hall–Kier alpha value is -3.05. The zero-order valence-corrected chi connectivity index (χ0v) is 13.2. The molecule has 0 atom stereocenters. The molecule has 122 valence electrons. The van der Waals surface area contributed by atoms with Crippen LogP contribution in [0.4, 0.5) is 5.69 Å². The Morgan fingerprint density at radius 1 is 1.17 bits per heavy atom. The van der Waals surface area contributed by atoms with E-state index in [1.54, 1.807) is 24.3 Å². The molecule has 0 unspecified atom stereocenters. The number of amides is 1. The Bertz CT molecular complexity index is 840. The first-order valence-electron chi connectivity index (χ1n) is 7.45. The summed E-state index contributed by atoms with van der Waals surface area (Å²) in [5.41, 5.74) is 2.78. The van der Waals surface area contributed by atoms with E-state index in [0.717, 1.165) is 11.1 Å². The standard InChI is InChI=1S/C19H17NO4/c1-23-17-8-7-15(11-14(17)12-21)20-19(22)18-16(9-10-24-18)13-5-3-2-4-6-13/h2-11,21H,12H2,1H3,(H,20,22). The molecule has 5 heteroatoms. The molecule has 1 amide bonds. The first-order valence-corrected chi connectivity index (χ1v) is 7.45. The van der Waals surface area contributed by atoms with Crippen molar-refractivity contribution < 1.29 is 19.1 Å². The lowest BCUT2D eigenvalue weighted by Crippen LogP contribution is -2.12. The maximum absolute atomic E-state index is 12.5. The quantitative estimate of drug-likeness (QED) is 0.751. The Morgan fingerprint density at radius 3 is 2.67 bits per heavy atom. The van der Waals surface area contributed by atoms with Crippen LogP contribution in [0.5, 0.6) is 5.75 Å². The highest BCUT2D eigenvalue weighted by molar-refractivity contribution is 6.06. The molecule has 1 aromatic heterocycles. The molecule has 24 heavy (non-hydrogen) atoms. The van der Waals surface area contributed by atoms with Gasteiger partial charge in [-0.25, -0.2) is 0 Å². The van der Waals surface area contributed by atoms with E-state index in [-0.39, 0.29) is 18.3 Å². The fourth-order valence-electron chi connectivity index (χ4n) is 2.50. The highest BCUT2D eigenvalue weighted by Gasteiger charge is 2.17. The fourth-order valence-corrected chi connectivity index (χ4v) is 2.50. The van der Waals surface area contributed by atoms with Crippen molar-refractivity contribution in [3.63, 3.8) is 0 Å². The summed E-state index contributed by atoms with van der Waals surface area (Å²) in [5.74, 6) is 0.453. The molecule has 2 N–H and O–H groups in total. The number of benzene rings is 2. The van der Waals surface area contributed by atoms with Crippen LogP contribution >= 0.6 is 0 Å². The van der Waals surface area contributed by atoms with Crippen LogP contribution in [0.1, 0.15) is 16.1 Å². The number of aliphatic hydroxyl groups excluding tert-OH is 1. The van der Waals surface area contributed by atoms with Crippen LogP contribution in [0.15, 0.2) is 65.3 Å². The van der Waals surface area contributed by atoms with Gasteiger partial charge in [0.2, 0.25) is 0 Å². The SMILES string of the molecule is COc1ccc(NC(=O)c2occc2-c2ccccc2)cc1CO. The van der Waals surface area contributed by atoms with Crippen molar-refractivity contribution in [1.29, 1.82) is 0 Å². The molecule has 0 saturated carbocycles. The van der Waals surface area contributed by atoms with E-state index in [2.05, 4.69) is 5.32 Å². The predicted octanol–water partition coefficient (Wildman–Crippen LogP) is 3.70. The molecule has 0 aliphatic carbocycles. The van der Waals surface area contributed by atoms with Gasteiger partial charge in [-0.05, 0) is 29.8 Å². The van der Waals surface area contributed by atoms with Crippen LogP contribution < -0.4 is 10.1 Å². The average molecular weight is 323 g/mol. The molecule has 0 fully saturated rings. The molecule has 0 bridgehead atoms. The van der Waals surface area contributed by atoms with Gasteiger partial charge in [0.15, 0.2) is 5.76 Å². The number of carbonyl (C=O) groups is 1. The molecule has 3 aromatic rings. The van der Waals surface area contributed by atoms with Crippen LogP contribution in [-0.4, -0.2) is 18.1 Å². The maximum atomic E-state index is 12.5. The Balaban J connectivity index is 1.85. The molecule has 0 aliphatic rings. The summed E-state index contributed by atoms with van der Waals surface area (Å²) < 4.78 is 10.5. The Kier molecular flexibility index (Phi) is 4.63. The van der Waals surface area contributed by atoms with E-state index in [1.807, 2.05) is 30.3 Å². The van der Waals surface area contributed by atoms with E-state index in [0.29, 0.717) is 17.0 Å². The van der Waals surface area contributed by atoms with E-state index >= 15 is 0 Å². The molecular formula is C19H17NO4. The summed E-state index contributed by atoms with van der Waals surface area (Å²) in [4.78, 5) is 12.5. The smallest absolute Gasteiger partial charge is 0.292 e. The number of hydrogen-bond donors (Lipinski definition) is 2. The molecular weight excluding hydrogens is 306 g/mol. The third kappa shape index (κ3) is 3.16. The summed E-state index contributed by atoms with van der Waals surface area (Å²) >= 11 is 0. The van der Waals surface area contributed by atoms with Crippen molar-refractivity contribution in [2.75, 3.05) is 12.4 Å². The number of hydrogen-bond acceptors (Lipinski definition) is 4. The van der Waals surface area contributed by atoms with Crippen molar-refractivity contribution >= 4 is 11.6 Å². The minimum Gasteiger partial charge on any atom is -0.496 e. The number of furan rings is 1. The number of anilines is 1. The summed E-state index contributed by atoms with van der Waals surface area (Å²) in [6.07, 6.45) is 1.49. The average Bonchev–Trinajstić information content (AvgIpc) is 3.12. The second kappa shape index (κ2) is 7.02. The third-order valence-electron chi connectivity index (χ3n) is 3.66. The Morgan fingerprint density at radius 2 is 1.96 bits per heavy atom. The van der Waals surface area contributed by atoms with Crippen molar-refractivity contribution in [3.8, 4) is 16.9 Å². The lowest BCUT2D eigenvalue weighted by molar-refractivity contribution is 0.0997. The van der Waals surface area contributed by atoms with Gasteiger partial charge in [-0.15, -0.1) is 0 Å². The molecule has 3 rings (SSSR count). The summed E-state index contributed by atoms with van der Waals surface area (Å²) in [6.45, 7) is -0.178. The lowest BCUT2D eigenvalue weighted by Gasteiger charge is -2.10. The number of carbonyl (C=O) groups excluding carboxylic acids is 1. The first kappa shape index (κ1) is 15.8. The molecule has 5 nitrogen and oxygen atoms in total. The van der Waals surface area contributed by atoms with Gasteiger partial charge in [0.1, 0.15) is 5.75 Å². The van der Waals surface area contributed by atoms with Gasteiger partial charge in [-0.2, -0.15) is 0 Å². The molecule has 0 saturated heterocycles. The number of aliphatic hydroxyl groups is 1. The fraction of sp³-hybridized carbons (Fsp3) is 0.105. The minimum absolute atomic E-state index is 0.178. The topological polar surface area (TPSA) is 71.7 Å². The van der Waals surface area contributed by atoms with Crippen molar-refractivity contribution in [2.24, 2.45) is 0 Å². The minimum atomic E-state index is -0.354. The zero-order chi connectivity index (χ0) is 16.9. The maximum Gasteiger partial charge on any atom is 0.292 e. The molecule has 0 radical (unpaired) electrons. The second-order valence-corrected chi connectivity index (χ2v) is 5.17. The van der Waals surface area contributed by atoms with Crippen LogP contribution in [0.2, 0.25) is 0 Å². The summed E-state index contributed by atoms with van der Waals surface area (Å²) in [6, 6.07) is 16.4. The van der Waals surface area contributed by atoms with E-state index < -0.39 is 0 Å². The van der Waals surface area contributed by atoms with Gasteiger partial charge in [-0.3, -0.25) is 4.79 Å². The van der Waals surface area contributed by atoms with Gasteiger partial charge in [0.25, 0.3) is 5.91 Å².